The fraction of sp³-hybridized carbons (Fsp3) is 0.271. The standard InChI is InChI=1S/C20H17F4N3O.C18H14F4N4O.C17H16F4N2O4S.C3H4N2.CH4O.ClH/c1-28-17-5-2-4-14-18(17)26-16-7-6-13(21)12-15(16)19(14,20(22,23)24)8-11-27-10-3-9-25-27;19-11-2-3-14-13(10-11)17(18(20,21)22,5-9-26-8-1-6-24-26)12-4-7-23-16(27)15(12)25-14;1-26-15-14-11(5-7-22-15)16(17(19,20)21,6-8-27-28(2,24)25)12-9-10(18)3-4-13(12)23-14;1-2-4-5-3-1;1-2;/h2-7,9-10,12,26H,8,11H2,1H3;1-4,6-8,10,25H,5,9H2,(H,23,27);3-5,7,9,23H,6,8H2,1-2H3;1-3H,(H,4,5);2H,1H3;1H. The molecule has 0 fully saturated rings. The summed E-state index contributed by atoms with van der Waals surface area (Å²) in [6.45, 7) is -0.799. The van der Waals surface area contributed by atoms with Crippen molar-refractivity contribution in [3.05, 3.63) is 214 Å². The minimum absolute atomic E-state index is 0. The summed E-state index contributed by atoms with van der Waals surface area (Å²) in [5, 5.41) is 29.7. The number of benzene rings is 4. The fourth-order valence-corrected chi connectivity index (χ4v) is 11.5. The van der Waals surface area contributed by atoms with Crippen molar-refractivity contribution < 1.29 is 79.9 Å². The topological polar surface area (TPSA) is 228 Å². The van der Waals surface area contributed by atoms with Crippen molar-refractivity contribution in [3.8, 4) is 11.6 Å². The molecular formula is C59H56ClF12N11O7S. The number of hydrogen-bond acceptors (Lipinski definition) is 14. The summed E-state index contributed by atoms with van der Waals surface area (Å²) in [7, 11) is -0.311. The Morgan fingerprint density at radius 3 is 1.44 bits per heavy atom. The van der Waals surface area contributed by atoms with E-state index in [1.165, 1.54) is 78.6 Å². The minimum Gasteiger partial charge on any atom is -0.495 e. The van der Waals surface area contributed by atoms with Gasteiger partial charge in [0.1, 0.15) is 50.8 Å². The molecule has 9 aromatic rings. The molecule has 8 heterocycles. The smallest absolute Gasteiger partial charge is 0.402 e. The van der Waals surface area contributed by atoms with Gasteiger partial charge >= 0.3 is 18.5 Å². The molecule has 0 spiro atoms. The average molecular weight is 1330 g/mol. The zero-order valence-electron chi connectivity index (χ0n) is 48.1. The van der Waals surface area contributed by atoms with Crippen molar-refractivity contribution >= 4 is 56.6 Å². The molecule has 0 saturated heterocycles. The summed E-state index contributed by atoms with van der Waals surface area (Å²) < 4.78 is 214. The number of nitrogens with zero attached hydrogens (tertiary/aromatic N) is 6. The number of aromatic amines is 2. The third-order valence-electron chi connectivity index (χ3n) is 15.0. The quantitative estimate of drug-likeness (QED) is 0.0494. The predicted molar refractivity (Wildman–Crippen MR) is 313 cm³/mol. The van der Waals surface area contributed by atoms with Gasteiger partial charge in [0.2, 0.25) is 5.88 Å². The maximum absolute atomic E-state index is 14.7. The number of H-pyrrole nitrogens is 2. The fourth-order valence-electron chi connectivity index (χ4n) is 11.1. The summed E-state index contributed by atoms with van der Waals surface area (Å²) in [4.78, 5) is 18.5. The van der Waals surface area contributed by atoms with E-state index in [1.807, 2.05) is 6.07 Å². The average Bonchev–Trinajstić information content (AvgIpc) is 0.776. The Bertz CT molecular complexity index is 4070. The molecule has 3 atom stereocenters. The van der Waals surface area contributed by atoms with Gasteiger partial charge in [0.05, 0.1) is 32.8 Å². The van der Waals surface area contributed by atoms with Gasteiger partial charge in [-0.15, -0.1) is 12.4 Å². The van der Waals surface area contributed by atoms with Gasteiger partial charge in [-0.3, -0.25) is 23.4 Å². The van der Waals surface area contributed by atoms with Crippen molar-refractivity contribution in [2.24, 2.45) is 0 Å². The number of anilines is 6. The van der Waals surface area contributed by atoms with E-state index in [0.717, 1.165) is 62.0 Å². The number of ether oxygens (including phenoxy) is 2. The Labute approximate surface area is 517 Å². The van der Waals surface area contributed by atoms with Crippen molar-refractivity contribution in [1.29, 1.82) is 0 Å². The number of aromatic nitrogens is 8. The van der Waals surface area contributed by atoms with E-state index in [4.69, 9.17) is 14.6 Å². The number of alkyl halides is 9. The number of rotatable bonds is 12. The van der Waals surface area contributed by atoms with E-state index in [-0.39, 0.29) is 105 Å². The van der Waals surface area contributed by atoms with Crippen LogP contribution in [0, 0.1) is 17.5 Å². The van der Waals surface area contributed by atoms with Crippen molar-refractivity contribution in [3.63, 3.8) is 0 Å². The number of aliphatic hydroxyl groups excluding tert-OH is 1. The Morgan fingerprint density at radius 2 is 1.02 bits per heavy atom. The maximum Gasteiger partial charge on any atom is 0.402 e. The van der Waals surface area contributed by atoms with Gasteiger partial charge in [0, 0.05) is 98.0 Å². The number of aryl methyl sites for hydroxylation is 2. The highest BCUT2D eigenvalue weighted by Crippen LogP contribution is 2.60. The summed E-state index contributed by atoms with van der Waals surface area (Å²) in [6, 6.07) is 21.5. The summed E-state index contributed by atoms with van der Waals surface area (Å²) in [5.41, 5.74) is -9.33. The highest BCUT2D eigenvalue weighted by atomic mass is 35.5. The molecule has 12 rings (SSSR count). The van der Waals surface area contributed by atoms with E-state index in [0.29, 0.717) is 5.75 Å². The largest absolute Gasteiger partial charge is 0.495 e. The van der Waals surface area contributed by atoms with Crippen LogP contribution in [0.2, 0.25) is 0 Å². The van der Waals surface area contributed by atoms with Crippen LogP contribution in [-0.2, 0) is 43.6 Å². The molecule has 486 valence electrons. The molecule has 0 aliphatic carbocycles. The van der Waals surface area contributed by atoms with Gasteiger partial charge in [-0.05, 0) is 133 Å². The van der Waals surface area contributed by atoms with Crippen LogP contribution in [0.4, 0.5) is 86.8 Å². The zero-order valence-corrected chi connectivity index (χ0v) is 49.7. The maximum atomic E-state index is 14.7. The van der Waals surface area contributed by atoms with E-state index < -0.39 is 87.4 Å². The van der Waals surface area contributed by atoms with Crippen LogP contribution in [0.15, 0.2) is 157 Å². The second kappa shape index (κ2) is 28.0. The summed E-state index contributed by atoms with van der Waals surface area (Å²) in [6.07, 6.45) is -3.28. The molecule has 3 aliphatic rings. The number of fused-ring (bicyclic) bond motifs is 6. The first-order chi connectivity index (χ1) is 42.7. The molecule has 0 radical (unpaired) electrons. The van der Waals surface area contributed by atoms with E-state index in [9.17, 15) is 65.9 Å². The molecular weight excluding hydrogens is 1270 g/mol. The number of pyridine rings is 2. The molecule has 0 saturated carbocycles. The molecule has 5 aromatic heterocycles. The van der Waals surface area contributed by atoms with Gasteiger partial charge in [0.25, 0.3) is 15.7 Å². The van der Waals surface area contributed by atoms with Gasteiger partial charge in [-0.25, -0.2) is 18.2 Å². The third kappa shape index (κ3) is 14.0. The number of para-hydroxylation sites is 1. The lowest BCUT2D eigenvalue weighted by atomic mass is 9.68. The van der Waals surface area contributed by atoms with Crippen LogP contribution in [0.3, 0.4) is 0 Å². The Balaban J connectivity index is 0.000000183. The first-order valence-electron chi connectivity index (χ1n) is 26.7. The van der Waals surface area contributed by atoms with E-state index >= 15 is 0 Å². The molecule has 0 amide bonds. The second-order valence-electron chi connectivity index (χ2n) is 20.0. The lowest BCUT2D eigenvalue weighted by Crippen LogP contribution is -2.47. The molecule has 4 aromatic carbocycles. The van der Waals surface area contributed by atoms with Gasteiger partial charge in [-0.2, -0.15) is 63.2 Å². The minimum atomic E-state index is -4.90. The number of hydrogen-bond donors (Lipinski definition) is 6. The van der Waals surface area contributed by atoms with Crippen LogP contribution in [0.1, 0.15) is 52.6 Å². The van der Waals surface area contributed by atoms with Crippen LogP contribution in [-0.4, -0.2) is 106 Å². The third-order valence-corrected chi connectivity index (χ3v) is 15.6. The molecule has 91 heavy (non-hydrogen) atoms. The number of methoxy groups -OCH3 is 2. The van der Waals surface area contributed by atoms with Gasteiger partial charge < -0.3 is 35.5 Å². The number of aliphatic hydroxyl groups is 1. The van der Waals surface area contributed by atoms with Crippen LogP contribution in [0.5, 0.6) is 11.6 Å². The predicted octanol–water partition coefficient (Wildman–Crippen LogP) is 12.7. The molecule has 32 heteroatoms. The Kier molecular flexibility index (Phi) is 21.3. The van der Waals surface area contributed by atoms with Crippen LogP contribution in [0.25, 0.3) is 0 Å². The van der Waals surface area contributed by atoms with Crippen molar-refractivity contribution in [2.45, 2.75) is 67.1 Å². The van der Waals surface area contributed by atoms with Gasteiger partial charge in [0.15, 0.2) is 0 Å². The lowest BCUT2D eigenvalue weighted by Gasteiger charge is -2.42. The molecule has 6 N–H and O–H groups in total. The van der Waals surface area contributed by atoms with E-state index in [1.54, 1.807) is 43.0 Å². The molecule has 3 unspecified atom stereocenters. The van der Waals surface area contributed by atoms with Gasteiger partial charge in [-0.1, -0.05) is 12.1 Å². The normalized spacial score (nSPS) is 17.4. The highest BCUT2D eigenvalue weighted by Gasteiger charge is 2.63. The monoisotopic (exact) mass is 1330 g/mol. The van der Waals surface area contributed by atoms with Crippen LogP contribution < -0.4 is 31.0 Å². The highest BCUT2D eigenvalue weighted by molar-refractivity contribution is 7.86. The number of nitrogens with one attached hydrogen (secondary N) is 5. The molecule has 0 bridgehead atoms. The van der Waals surface area contributed by atoms with Crippen molar-refractivity contribution in [1.82, 2.24) is 39.7 Å². The van der Waals surface area contributed by atoms with E-state index in [2.05, 4.69) is 50.5 Å². The number of halogens is 13. The zero-order chi connectivity index (χ0) is 65.5. The van der Waals surface area contributed by atoms with Crippen LogP contribution >= 0.6 is 12.4 Å². The summed E-state index contributed by atoms with van der Waals surface area (Å²) >= 11 is 0. The Morgan fingerprint density at radius 1 is 0.549 bits per heavy atom. The Hall–Kier alpha value is -9.07. The second-order valence-corrected chi connectivity index (χ2v) is 21.6. The first kappa shape index (κ1) is 69.4. The molecule has 18 nitrogen and oxygen atoms in total. The summed E-state index contributed by atoms with van der Waals surface area (Å²) in [5.74, 6) is -2.15. The lowest BCUT2D eigenvalue weighted by molar-refractivity contribution is -0.182. The molecule has 3 aliphatic heterocycles. The van der Waals surface area contributed by atoms with Crippen molar-refractivity contribution in [2.75, 3.05) is 50.1 Å². The first-order valence-corrected chi connectivity index (χ1v) is 28.5. The SMILES string of the molecule is CO.COc1cccc2c1Nc1ccc(F)cc1C2(CCn1cccn1)C(F)(F)F.COc1nccc2c1Nc1ccc(F)cc1C2(CCOS(C)(=O)=O)C(F)(F)F.Cl.O=c1[nH]ccc2c1Nc1ccc(F)cc1C2(CCn1cccn1)C(F)(F)F.c1cn[nH]c1.